The Balaban J connectivity index is 1.92. The van der Waals surface area contributed by atoms with E-state index in [1.54, 1.807) is 11.3 Å². The van der Waals surface area contributed by atoms with Crippen LogP contribution >= 0.6 is 11.3 Å². The van der Waals surface area contributed by atoms with Gasteiger partial charge in [0.15, 0.2) is 0 Å². The molecule has 4 heteroatoms. The Morgan fingerprint density at radius 2 is 2.50 bits per heavy atom. The first-order valence-electron chi connectivity index (χ1n) is 5.66. The van der Waals surface area contributed by atoms with E-state index in [0.717, 1.165) is 25.9 Å². The quantitative estimate of drug-likeness (QED) is 0.874. The molecule has 88 valence electrons. The molecule has 1 aliphatic heterocycles. The first kappa shape index (κ1) is 11.6. The Bertz CT molecular complexity index is 350. The van der Waals surface area contributed by atoms with Crippen molar-refractivity contribution in [2.75, 3.05) is 13.1 Å². The van der Waals surface area contributed by atoms with Crippen LogP contribution in [0.15, 0.2) is 16.8 Å². The molecule has 1 N–H and O–H groups in total. The van der Waals surface area contributed by atoms with Gasteiger partial charge in [-0.3, -0.25) is 9.69 Å². The van der Waals surface area contributed by atoms with Crippen LogP contribution in [0.4, 0.5) is 0 Å². The smallest absolute Gasteiger partial charge is 0.321 e. The topological polar surface area (TPSA) is 40.5 Å². The molecule has 2 unspecified atom stereocenters. The number of hydrogen-bond acceptors (Lipinski definition) is 3. The molecule has 0 saturated carbocycles. The fraction of sp³-hybridized carbons (Fsp3) is 0.583. The zero-order valence-electron chi connectivity index (χ0n) is 9.43. The number of carboxylic acid groups (broad SMARTS) is 1. The van der Waals surface area contributed by atoms with Crippen molar-refractivity contribution in [2.24, 2.45) is 5.92 Å². The van der Waals surface area contributed by atoms with E-state index in [1.165, 1.54) is 5.56 Å². The van der Waals surface area contributed by atoms with Gasteiger partial charge in [0.1, 0.15) is 6.04 Å². The van der Waals surface area contributed by atoms with E-state index < -0.39 is 5.97 Å². The predicted octanol–water partition coefficient (Wildman–Crippen LogP) is 2.09. The van der Waals surface area contributed by atoms with E-state index >= 15 is 0 Å². The largest absolute Gasteiger partial charge is 0.480 e. The Labute approximate surface area is 99.7 Å². The zero-order chi connectivity index (χ0) is 11.5. The number of thiophene rings is 1. The van der Waals surface area contributed by atoms with Crippen molar-refractivity contribution in [3.05, 3.63) is 22.4 Å². The van der Waals surface area contributed by atoms with Gasteiger partial charge < -0.3 is 5.11 Å². The molecule has 0 aliphatic carbocycles. The maximum atomic E-state index is 11.1. The predicted molar refractivity (Wildman–Crippen MR) is 64.8 cm³/mol. The van der Waals surface area contributed by atoms with Crippen LogP contribution in [0.2, 0.25) is 0 Å². The molecular weight excluding hydrogens is 222 g/mol. The summed E-state index contributed by atoms with van der Waals surface area (Å²) in [4.78, 5) is 13.2. The van der Waals surface area contributed by atoms with Gasteiger partial charge in [0, 0.05) is 6.54 Å². The maximum Gasteiger partial charge on any atom is 0.321 e. The van der Waals surface area contributed by atoms with Crippen LogP contribution in [0.5, 0.6) is 0 Å². The van der Waals surface area contributed by atoms with Gasteiger partial charge in [0.05, 0.1) is 0 Å². The number of rotatable bonds is 4. The third-order valence-electron chi connectivity index (χ3n) is 3.32. The summed E-state index contributed by atoms with van der Waals surface area (Å²) in [6.45, 7) is 3.81. The molecule has 1 saturated heterocycles. The fourth-order valence-corrected chi connectivity index (χ4v) is 3.09. The minimum Gasteiger partial charge on any atom is -0.480 e. The van der Waals surface area contributed by atoms with Gasteiger partial charge in [-0.25, -0.2) is 0 Å². The Morgan fingerprint density at radius 1 is 1.69 bits per heavy atom. The van der Waals surface area contributed by atoms with E-state index in [-0.39, 0.29) is 12.0 Å². The van der Waals surface area contributed by atoms with Crippen LogP contribution in [0.1, 0.15) is 18.9 Å². The first-order valence-corrected chi connectivity index (χ1v) is 6.60. The average Bonchev–Trinajstić information content (AvgIpc) is 2.83. The van der Waals surface area contributed by atoms with Crippen LogP contribution in [0, 0.1) is 5.92 Å². The normalized spacial score (nSPS) is 26.1. The van der Waals surface area contributed by atoms with Gasteiger partial charge in [-0.2, -0.15) is 11.3 Å². The highest BCUT2D eigenvalue weighted by molar-refractivity contribution is 7.07. The van der Waals surface area contributed by atoms with Gasteiger partial charge in [0.25, 0.3) is 0 Å². The molecule has 2 atom stereocenters. The molecule has 2 heterocycles. The number of carbonyl (C=O) groups is 1. The molecule has 1 aromatic rings. The van der Waals surface area contributed by atoms with Crippen LogP contribution in [-0.4, -0.2) is 35.1 Å². The minimum atomic E-state index is -0.671. The van der Waals surface area contributed by atoms with E-state index in [4.69, 9.17) is 0 Å². The maximum absolute atomic E-state index is 11.1. The molecule has 3 nitrogen and oxygen atoms in total. The summed E-state index contributed by atoms with van der Waals surface area (Å²) in [5.74, 6) is -0.393. The Hall–Kier alpha value is -0.870. The second kappa shape index (κ2) is 4.97. The van der Waals surface area contributed by atoms with Gasteiger partial charge in [0.2, 0.25) is 0 Å². The number of carboxylic acids is 1. The van der Waals surface area contributed by atoms with Gasteiger partial charge in [-0.1, -0.05) is 6.92 Å². The van der Waals surface area contributed by atoms with Crippen molar-refractivity contribution in [3.8, 4) is 0 Å². The Morgan fingerprint density at radius 3 is 3.12 bits per heavy atom. The SMILES string of the molecule is CC1CCN(CCc2ccsc2)C1C(=O)O. The molecule has 0 bridgehead atoms. The minimum absolute atomic E-state index is 0.278. The molecular formula is C12H17NO2S. The molecule has 0 spiro atoms. The van der Waals surface area contributed by atoms with Crippen molar-refractivity contribution in [1.29, 1.82) is 0 Å². The highest BCUT2D eigenvalue weighted by Gasteiger charge is 2.35. The molecule has 2 rings (SSSR count). The summed E-state index contributed by atoms with van der Waals surface area (Å²) in [5, 5.41) is 13.4. The summed E-state index contributed by atoms with van der Waals surface area (Å²) in [5.41, 5.74) is 1.31. The summed E-state index contributed by atoms with van der Waals surface area (Å²) in [6.07, 6.45) is 1.96. The highest BCUT2D eigenvalue weighted by atomic mass is 32.1. The standard InChI is InChI=1S/C12H17NO2S/c1-9-2-5-13(11(9)12(14)15)6-3-10-4-7-16-8-10/h4,7-9,11H,2-3,5-6H2,1H3,(H,14,15). The number of hydrogen-bond donors (Lipinski definition) is 1. The van der Waals surface area contributed by atoms with Crippen molar-refractivity contribution < 1.29 is 9.90 Å². The number of nitrogens with zero attached hydrogens (tertiary/aromatic N) is 1. The van der Waals surface area contributed by atoms with Crippen molar-refractivity contribution >= 4 is 17.3 Å². The van der Waals surface area contributed by atoms with Crippen molar-refractivity contribution in [1.82, 2.24) is 4.90 Å². The van der Waals surface area contributed by atoms with Gasteiger partial charge in [-0.05, 0) is 47.7 Å². The third-order valence-corrected chi connectivity index (χ3v) is 4.06. The monoisotopic (exact) mass is 239 g/mol. The number of aliphatic carboxylic acids is 1. The van der Waals surface area contributed by atoms with Crippen LogP contribution < -0.4 is 0 Å². The average molecular weight is 239 g/mol. The molecule has 1 aromatic heterocycles. The zero-order valence-corrected chi connectivity index (χ0v) is 10.2. The fourth-order valence-electron chi connectivity index (χ4n) is 2.38. The van der Waals surface area contributed by atoms with Crippen LogP contribution in [-0.2, 0) is 11.2 Å². The molecule has 1 aliphatic rings. The second-order valence-corrected chi connectivity index (χ2v) is 5.25. The Kier molecular flexibility index (Phi) is 3.61. The lowest BCUT2D eigenvalue weighted by atomic mass is 10.0. The lowest BCUT2D eigenvalue weighted by Crippen LogP contribution is -2.39. The summed E-state index contributed by atoms with van der Waals surface area (Å²) >= 11 is 1.69. The van der Waals surface area contributed by atoms with E-state index in [2.05, 4.69) is 21.7 Å². The van der Waals surface area contributed by atoms with E-state index in [9.17, 15) is 9.90 Å². The molecule has 0 radical (unpaired) electrons. The molecule has 0 amide bonds. The second-order valence-electron chi connectivity index (χ2n) is 4.47. The lowest BCUT2D eigenvalue weighted by molar-refractivity contribution is -0.143. The van der Waals surface area contributed by atoms with Crippen molar-refractivity contribution in [2.45, 2.75) is 25.8 Å². The van der Waals surface area contributed by atoms with Gasteiger partial charge >= 0.3 is 5.97 Å². The molecule has 16 heavy (non-hydrogen) atoms. The van der Waals surface area contributed by atoms with Crippen LogP contribution in [0.25, 0.3) is 0 Å². The van der Waals surface area contributed by atoms with E-state index in [1.807, 2.05) is 6.92 Å². The van der Waals surface area contributed by atoms with Gasteiger partial charge in [-0.15, -0.1) is 0 Å². The summed E-state index contributed by atoms with van der Waals surface area (Å²) in [6, 6.07) is 1.83. The number of likely N-dealkylation sites (tertiary alicyclic amines) is 1. The highest BCUT2D eigenvalue weighted by Crippen LogP contribution is 2.24. The summed E-state index contributed by atoms with van der Waals surface area (Å²) in [7, 11) is 0. The van der Waals surface area contributed by atoms with Crippen LogP contribution in [0.3, 0.4) is 0 Å². The third kappa shape index (κ3) is 2.44. The molecule has 0 aromatic carbocycles. The van der Waals surface area contributed by atoms with E-state index in [0.29, 0.717) is 0 Å². The molecule has 1 fully saturated rings. The van der Waals surface area contributed by atoms with Crippen molar-refractivity contribution in [3.63, 3.8) is 0 Å². The lowest BCUT2D eigenvalue weighted by Gasteiger charge is -2.22. The first-order chi connectivity index (χ1) is 7.68. The summed E-state index contributed by atoms with van der Waals surface area (Å²) < 4.78 is 0.